The number of ether oxygens (including phenoxy) is 1. The highest BCUT2D eigenvalue weighted by atomic mass is 35.5. The first-order chi connectivity index (χ1) is 52.7. The summed E-state index contributed by atoms with van der Waals surface area (Å²) in [6, 6.07) is 47.4. The van der Waals surface area contributed by atoms with E-state index >= 15 is 24.0 Å². The highest BCUT2D eigenvalue weighted by Crippen LogP contribution is 2.44. The third-order valence-electron chi connectivity index (χ3n) is 18.2. The van der Waals surface area contributed by atoms with Gasteiger partial charge < -0.3 is 57.5 Å². The van der Waals surface area contributed by atoms with Gasteiger partial charge in [0.25, 0.3) is 0 Å². The zero-order valence-corrected chi connectivity index (χ0v) is 63.7. The Bertz CT molecular complexity index is 4730. The number of benzene rings is 9. The number of hydrogen-bond acceptors (Lipinski definition) is 11. The van der Waals surface area contributed by atoms with Gasteiger partial charge >= 0.3 is 18.0 Å². The van der Waals surface area contributed by atoms with Gasteiger partial charge in [0.15, 0.2) is 0 Å². The Kier molecular flexibility index (Phi) is 29.3. The van der Waals surface area contributed by atoms with Crippen LogP contribution in [0.25, 0.3) is 11.1 Å². The predicted molar refractivity (Wildman–Crippen MR) is 421 cm³/mol. The van der Waals surface area contributed by atoms with Gasteiger partial charge in [-0.1, -0.05) is 215 Å². The van der Waals surface area contributed by atoms with Crippen LogP contribution in [-0.4, -0.2) is 125 Å². The molecule has 28 heteroatoms. The molecule has 110 heavy (non-hydrogen) atoms. The fourth-order valence-electron chi connectivity index (χ4n) is 12.5. The molecular formula is C82H73Cl7N8O13. The first-order valence-electron chi connectivity index (χ1n) is 34.7. The van der Waals surface area contributed by atoms with Crippen molar-refractivity contribution in [3.63, 3.8) is 0 Å². The highest BCUT2D eigenvalue weighted by molar-refractivity contribution is 6.32. The average molecular weight is 1630 g/mol. The Morgan fingerprint density at radius 3 is 0.691 bits per heavy atom. The molecule has 0 bridgehead atoms. The number of carboxylic acid groups (broad SMARTS) is 2. The van der Waals surface area contributed by atoms with E-state index in [0.29, 0.717) is 74.1 Å². The van der Waals surface area contributed by atoms with Crippen LogP contribution < -0.4 is 42.5 Å². The third-order valence-corrected chi connectivity index (χ3v) is 20.0. The van der Waals surface area contributed by atoms with E-state index in [9.17, 15) is 34.2 Å². The zero-order valence-electron chi connectivity index (χ0n) is 58.4. The van der Waals surface area contributed by atoms with E-state index in [1.807, 2.05) is 48.5 Å². The van der Waals surface area contributed by atoms with Crippen LogP contribution in [0.5, 0.6) is 0 Å². The van der Waals surface area contributed by atoms with E-state index < -0.39 is 114 Å². The Labute approximate surface area is 668 Å². The van der Waals surface area contributed by atoms with Gasteiger partial charge in [0, 0.05) is 86.0 Å². The van der Waals surface area contributed by atoms with Crippen molar-refractivity contribution in [2.45, 2.75) is 106 Å². The molecule has 0 radical (unpaired) electrons. The molecule has 0 heterocycles. The molecule has 9 aromatic rings. The molecule has 0 saturated heterocycles. The number of halogens is 7. The fourth-order valence-corrected chi connectivity index (χ4v) is 13.4. The minimum atomic E-state index is -1.92. The number of amides is 8. The van der Waals surface area contributed by atoms with Crippen molar-refractivity contribution in [2.75, 3.05) is 6.61 Å². The summed E-state index contributed by atoms with van der Waals surface area (Å²) < 4.78 is 5.93. The first-order valence-corrected chi connectivity index (χ1v) is 37.3. The van der Waals surface area contributed by atoms with E-state index in [4.69, 9.17) is 85.9 Å². The van der Waals surface area contributed by atoms with Gasteiger partial charge in [-0.05, 0) is 146 Å². The summed E-state index contributed by atoms with van der Waals surface area (Å²) >= 11 is 44.2. The van der Waals surface area contributed by atoms with Gasteiger partial charge in [0.1, 0.15) is 54.9 Å². The molecule has 0 aromatic heterocycles. The molecule has 8 atom stereocenters. The molecule has 568 valence electrons. The molecule has 8 amide bonds. The van der Waals surface area contributed by atoms with Crippen molar-refractivity contribution < 1.29 is 62.9 Å². The maximum atomic E-state index is 15.5. The van der Waals surface area contributed by atoms with E-state index in [2.05, 4.69) is 42.5 Å². The summed E-state index contributed by atoms with van der Waals surface area (Å²) in [7, 11) is 0. The normalized spacial score (nSPS) is 13.7. The number of carbonyl (C=O) groups is 10. The molecule has 0 aliphatic heterocycles. The topological polar surface area (TPSA) is 317 Å². The van der Waals surface area contributed by atoms with Crippen LogP contribution in [0.2, 0.25) is 35.2 Å². The lowest BCUT2D eigenvalue weighted by atomic mass is 9.98. The van der Waals surface area contributed by atoms with Crippen molar-refractivity contribution in [3.05, 3.63) is 304 Å². The number of nitrogens with one attached hydrogen (secondary N) is 8. The summed E-state index contributed by atoms with van der Waals surface area (Å²) in [6.45, 7) is -0.0816. The van der Waals surface area contributed by atoms with Crippen LogP contribution in [0.3, 0.4) is 0 Å². The monoisotopic (exact) mass is 1620 g/mol. The first kappa shape index (κ1) is 82.0. The number of hydrogen-bond donors (Lipinski definition) is 10. The van der Waals surface area contributed by atoms with Crippen molar-refractivity contribution in [2.24, 2.45) is 0 Å². The highest BCUT2D eigenvalue weighted by Gasteiger charge is 2.37. The van der Waals surface area contributed by atoms with Crippen LogP contribution in [-0.2, 0) is 92.8 Å². The van der Waals surface area contributed by atoms with Crippen LogP contribution in [0.15, 0.2) is 218 Å². The largest absolute Gasteiger partial charge is 0.481 e. The molecule has 10 rings (SSSR count). The summed E-state index contributed by atoms with van der Waals surface area (Å²) in [5, 5.41) is 43.5. The predicted octanol–water partition coefficient (Wildman–Crippen LogP) is 12.1. The molecule has 1 aliphatic rings. The second-order valence-electron chi connectivity index (χ2n) is 26.2. The van der Waals surface area contributed by atoms with Gasteiger partial charge in [-0.3, -0.25) is 38.4 Å². The molecule has 9 aromatic carbocycles. The molecule has 21 nitrogen and oxygen atoms in total. The van der Waals surface area contributed by atoms with E-state index in [-0.39, 0.29) is 57.5 Å². The Morgan fingerprint density at radius 2 is 0.482 bits per heavy atom. The van der Waals surface area contributed by atoms with Crippen molar-refractivity contribution in [3.8, 4) is 11.1 Å². The van der Waals surface area contributed by atoms with E-state index in [1.54, 1.807) is 146 Å². The van der Waals surface area contributed by atoms with Crippen molar-refractivity contribution in [1.29, 1.82) is 0 Å². The molecule has 0 saturated carbocycles. The van der Waals surface area contributed by atoms with Crippen LogP contribution >= 0.6 is 81.2 Å². The maximum Gasteiger partial charge on any atom is 0.407 e. The van der Waals surface area contributed by atoms with Crippen molar-refractivity contribution >= 4 is 141 Å². The lowest BCUT2D eigenvalue weighted by molar-refractivity contribution is -0.147. The molecule has 10 N–H and O–H groups in total. The standard InChI is InChI=1S/C82H73Cl7N8O13/c83-53-23-9-46(10-24-53)37-65(74(100)90-66(38-47-11-25-54(84)26-12-47)75(101)92-68(40-49-15-29-56(86)30-16-49)77(103)94-70(42-51-19-33-58(88)34-20-51)79(105)96-72(81(107)108)44-73(98)99)91-76(102)67(39-48-13-27-55(85)28-14-48)93-78(104)69(41-50-17-31-57(87)32-18-50)95-80(106)71(43-52-21-35-59(89)36-22-52)97-82(109)110-45-64-62-7-3-1-5-60(62)61-6-2-4-8-63(61)64/h1-36,64-72H,37-45H2,(H,90,100)(H,91,102)(H,92,101)(H,93,104)(H,94,103)(H,95,106)(H,96,105)(H,97,109)(H,98,99)(H,107,108). The Balaban J connectivity index is 0.944. The van der Waals surface area contributed by atoms with Gasteiger partial charge in [-0.2, -0.15) is 0 Å². The lowest BCUT2D eigenvalue weighted by Crippen LogP contribution is -2.61. The van der Waals surface area contributed by atoms with Crippen molar-refractivity contribution in [1.82, 2.24) is 42.5 Å². The van der Waals surface area contributed by atoms with Crippen LogP contribution in [0.1, 0.15) is 62.4 Å². The number of alkyl carbamates (subject to hydrolysis) is 1. The summed E-state index contributed by atoms with van der Waals surface area (Å²) in [5.74, 6) is -10.1. The van der Waals surface area contributed by atoms with Gasteiger partial charge in [0.05, 0.1) is 6.42 Å². The molecule has 8 unspecified atom stereocenters. The molecular weight excluding hydrogens is 1550 g/mol. The Hall–Kier alpha value is -10.5. The number of fused-ring (bicyclic) bond motifs is 3. The maximum absolute atomic E-state index is 15.5. The van der Waals surface area contributed by atoms with E-state index in [0.717, 1.165) is 22.3 Å². The van der Waals surface area contributed by atoms with E-state index in [1.165, 1.54) is 24.3 Å². The minimum absolute atomic E-state index is 0.0816. The van der Waals surface area contributed by atoms with Crippen LogP contribution in [0, 0.1) is 0 Å². The van der Waals surface area contributed by atoms with Gasteiger partial charge in [-0.25, -0.2) is 9.59 Å². The number of carboxylic acids is 2. The second-order valence-corrected chi connectivity index (χ2v) is 29.3. The summed E-state index contributed by atoms with van der Waals surface area (Å²) in [5.41, 5.74) is 7.32. The minimum Gasteiger partial charge on any atom is -0.481 e. The average Bonchev–Trinajstić information content (AvgIpc) is 1.61. The molecule has 0 fully saturated rings. The summed E-state index contributed by atoms with van der Waals surface area (Å²) in [4.78, 5) is 144. The number of aliphatic carboxylic acids is 2. The lowest BCUT2D eigenvalue weighted by Gasteiger charge is -2.28. The quantitative estimate of drug-likeness (QED) is 0.0180. The fraction of sp³-hybridized carbons (Fsp3) is 0.220. The summed E-state index contributed by atoms with van der Waals surface area (Å²) in [6.07, 6.45) is -3.57. The van der Waals surface area contributed by atoms with Crippen LogP contribution in [0.4, 0.5) is 4.79 Å². The number of rotatable bonds is 34. The third kappa shape index (κ3) is 24.0. The number of carbonyl (C=O) groups excluding carboxylic acids is 8. The molecule has 1 aliphatic carbocycles. The second kappa shape index (κ2) is 39.2. The molecule has 0 spiro atoms. The SMILES string of the molecule is O=C(O)CC(NC(=O)C(Cc1ccc(Cl)cc1)NC(=O)C(Cc1ccc(Cl)cc1)NC(=O)C(Cc1ccc(Cl)cc1)NC(=O)C(Cc1ccc(Cl)cc1)NC(=O)C(Cc1ccc(Cl)cc1)NC(=O)C(Cc1ccc(Cl)cc1)NC(=O)C(Cc1ccc(Cl)cc1)NC(=O)OCC1c2ccccc2-c2ccccc21)C(=O)O. The Morgan fingerprint density at radius 1 is 0.282 bits per heavy atom. The van der Waals surface area contributed by atoms with Gasteiger partial charge in [0.2, 0.25) is 41.4 Å². The smallest absolute Gasteiger partial charge is 0.407 e. The zero-order chi connectivity index (χ0) is 78.5. The van der Waals surface area contributed by atoms with Gasteiger partial charge in [-0.15, -0.1) is 0 Å².